The molecule has 0 unspecified atom stereocenters. The first kappa shape index (κ1) is 23.9. The second-order valence-electron chi connectivity index (χ2n) is 9.20. The molecule has 2 N–H and O–H groups in total. The summed E-state index contributed by atoms with van der Waals surface area (Å²) in [6.07, 6.45) is 15.2. The highest BCUT2D eigenvalue weighted by molar-refractivity contribution is 7.85. The fourth-order valence-electron chi connectivity index (χ4n) is 4.60. The van der Waals surface area contributed by atoms with Crippen molar-refractivity contribution in [2.75, 3.05) is 35.6 Å². The molecule has 2 aromatic heterocycles. The minimum absolute atomic E-state index is 0.256. The number of aryl methyl sites for hydroxylation is 1. The lowest BCUT2D eigenvalue weighted by Crippen LogP contribution is -2.48. The van der Waals surface area contributed by atoms with Crippen LogP contribution in [0.5, 0.6) is 0 Å². The molecule has 0 amide bonds. The van der Waals surface area contributed by atoms with Crippen molar-refractivity contribution in [3.05, 3.63) is 47.1 Å². The maximum Gasteiger partial charge on any atom is 0.227 e. The standard InChI is InChI=1S/C25H27N9OS/c1-4-18-14-27-22(28-15-18)19-6-11-34(12-7-19)24-30-20-8-13-36(35)21(20)23(31-24)32-25(9-5-10-25)16-29-17(2)33-26-3/h1,6,14-15H,5,7-13,16H2,2H3,(H,29,33)(H,30,31,32)/t36-/m1/s1. The predicted molar refractivity (Wildman–Crippen MR) is 140 cm³/mol. The van der Waals surface area contributed by atoms with Crippen molar-refractivity contribution in [1.29, 1.82) is 0 Å². The lowest BCUT2D eigenvalue weighted by Gasteiger charge is -2.42. The molecule has 4 heterocycles. The van der Waals surface area contributed by atoms with Crippen molar-refractivity contribution in [3.63, 3.8) is 0 Å². The summed E-state index contributed by atoms with van der Waals surface area (Å²) in [7, 11) is -1.12. The highest BCUT2D eigenvalue weighted by Gasteiger charge is 2.39. The molecule has 0 radical (unpaired) electrons. The molecule has 0 spiro atoms. The Morgan fingerprint density at radius 3 is 2.78 bits per heavy atom. The molecule has 2 aliphatic heterocycles. The zero-order valence-electron chi connectivity index (χ0n) is 20.1. The summed E-state index contributed by atoms with van der Waals surface area (Å²) in [4.78, 5) is 29.1. The zero-order valence-corrected chi connectivity index (χ0v) is 20.9. The summed E-state index contributed by atoms with van der Waals surface area (Å²) >= 11 is 0. The highest BCUT2D eigenvalue weighted by Crippen LogP contribution is 2.39. The topological polar surface area (TPSA) is 113 Å². The molecule has 0 aromatic carbocycles. The van der Waals surface area contributed by atoms with Crippen LogP contribution in [0.4, 0.5) is 11.8 Å². The highest BCUT2D eigenvalue weighted by atomic mass is 32.2. The van der Waals surface area contributed by atoms with E-state index in [0.29, 0.717) is 54.3 Å². The summed E-state index contributed by atoms with van der Waals surface area (Å²) in [6, 6.07) is 0. The molecular weight excluding hydrogens is 474 g/mol. The van der Waals surface area contributed by atoms with Crippen LogP contribution in [0.15, 0.2) is 28.4 Å². The largest absolute Gasteiger partial charge is 0.362 e. The second kappa shape index (κ2) is 10.0. The Hall–Kier alpha value is -3.83. The number of aliphatic imine (C=N–C) groups is 1. The molecule has 0 saturated heterocycles. The zero-order chi connectivity index (χ0) is 25.1. The summed E-state index contributed by atoms with van der Waals surface area (Å²) in [5, 5.41) is 3.61. The van der Waals surface area contributed by atoms with Gasteiger partial charge in [-0.05, 0) is 38.2 Å². The molecular formula is C25H27N9OS. The fourth-order valence-corrected chi connectivity index (χ4v) is 5.90. The van der Waals surface area contributed by atoms with Gasteiger partial charge in [-0.15, -0.1) is 6.42 Å². The number of amidine groups is 1. The lowest BCUT2D eigenvalue weighted by atomic mass is 9.76. The lowest BCUT2D eigenvalue weighted by molar-refractivity contribution is 0.286. The van der Waals surface area contributed by atoms with Crippen LogP contribution >= 0.6 is 0 Å². The van der Waals surface area contributed by atoms with Crippen LogP contribution in [-0.2, 0) is 17.2 Å². The molecule has 1 aliphatic carbocycles. The number of anilines is 2. The van der Waals surface area contributed by atoms with Crippen molar-refractivity contribution < 1.29 is 4.21 Å². The Balaban J connectivity index is 1.38. The van der Waals surface area contributed by atoms with E-state index in [2.05, 4.69) is 47.6 Å². The van der Waals surface area contributed by atoms with Crippen LogP contribution in [-0.4, -0.2) is 60.9 Å². The summed E-state index contributed by atoms with van der Waals surface area (Å²) in [6.45, 7) is 10.6. The Kier molecular flexibility index (Phi) is 6.66. The third-order valence-corrected chi connectivity index (χ3v) is 8.26. The van der Waals surface area contributed by atoms with Crippen LogP contribution in [0.2, 0.25) is 0 Å². The quantitative estimate of drug-likeness (QED) is 0.204. The Morgan fingerprint density at radius 2 is 2.14 bits per heavy atom. The van der Waals surface area contributed by atoms with E-state index in [9.17, 15) is 4.21 Å². The van der Waals surface area contributed by atoms with E-state index in [1.54, 1.807) is 19.3 Å². The monoisotopic (exact) mass is 501 g/mol. The number of aromatic nitrogens is 4. The third-order valence-electron chi connectivity index (χ3n) is 6.80. The van der Waals surface area contributed by atoms with Crippen LogP contribution in [0, 0.1) is 18.9 Å². The first-order chi connectivity index (χ1) is 17.5. The predicted octanol–water partition coefficient (Wildman–Crippen LogP) is 2.38. The third kappa shape index (κ3) is 4.79. The molecule has 3 aliphatic rings. The molecule has 10 nitrogen and oxygen atoms in total. The number of terminal acetylenes is 1. The van der Waals surface area contributed by atoms with E-state index >= 15 is 0 Å². The SMILES string of the molecule is [C-]#[N+]NC(C)=NCC1(Nc2nc(N3CC=C(c4ncc(C#C)cn4)CC3)nc3c2[S@](=O)CC3)CCC1. The van der Waals surface area contributed by atoms with Crippen molar-refractivity contribution in [1.82, 2.24) is 25.4 Å². The van der Waals surface area contributed by atoms with Crippen LogP contribution in [0.3, 0.4) is 0 Å². The summed E-state index contributed by atoms with van der Waals surface area (Å²) < 4.78 is 12.8. The maximum atomic E-state index is 12.8. The first-order valence-corrected chi connectivity index (χ1v) is 13.3. The Morgan fingerprint density at radius 1 is 1.33 bits per heavy atom. The van der Waals surface area contributed by atoms with Crippen LogP contribution < -0.4 is 15.6 Å². The van der Waals surface area contributed by atoms with E-state index in [0.717, 1.165) is 48.4 Å². The number of hydrogen-bond donors (Lipinski definition) is 2. The van der Waals surface area contributed by atoms with E-state index in [-0.39, 0.29) is 5.54 Å². The van der Waals surface area contributed by atoms with Gasteiger partial charge in [0.25, 0.3) is 0 Å². The summed E-state index contributed by atoms with van der Waals surface area (Å²) in [5.74, 6) is 5.67. The molecule has 1 saturated carbocycles. The Labute approximate surface area is 213 Å². The number of nitrogens with zero attached hydrogens (tertiary/aromatic N) is 7. The average molecular weight is 502 g/mol. The van der Waals surface area contributed by atoms with Gasteiger partial charge >= 0.3 is 0 Å². The minimum atomic E-state index is -1.12. The summed E-state index contributed by atoms with van der Waals surface area (Å²) in [5.41, 5.74) is 4.90. The maximum absolute atomic E-state index is 12.8. The van der Waals surface area contributed by atoms with Crippen molar-refractivity contribution in [2.45, 2.75) is 49.5 Å². The molecule has 0 bridgehead atoms. The van der Waals surface area contributed by atoms with Gasteiger partial charge in [-0.25, -0.2) is 15.0 Å². The van der Waals surface area contributed by atoms with Gasteiger partial charge in [-0.1, -0.05) is 17.4 Å². The van der Waals surface area contributed by atoms with E-state index in [1.165, 1.54) is 0 Å². The first-order valence-electron chi connectivity index (χ1n) is 11.9. The average Bonchev–Trinajstić information content (AvgIpc) is 3.26. The van der Waals surface area contributed by atoms with E-state index < -0.39 is 10.8 Å². The Bertz CT molecular complexity index is 1330. The molecule has 184 valence electrons. The van der Waals surface area contributed by atoms with Crippen LogP contribution in [0.1, 0.15) is 49.7 Å². The molecule has 5 rings (SSSR count). The normalized spacial score (nSPS) is 20.4. The van der Waals surface area contributed by atoms with Gasteiger partial charge in [-0.2, -0.15) is 16.5 Å². The number of rotatable bonds is 6. The van der Waals surface area contributed by atoms with Gasteiger partial charge < -0.3 is 10.2 Å². The van der Waals surface area contributed by atoms with Gasteiger partial charge in [0.05, 0.1) is 34.1 Å². The number of hydrogen-bond acceptors (Lipinski definition) is 8. The smallest absolute Gasteiger partial charge is 0.227 e. The van der Waals surface area contributed by atoms with Gasteiger partial charge in [-0.3, -0.25) is 9.20 Å². The van der Waals surface area contributed by atoms with Gasteiger partial charge in [0.15, 0.2) is 11.7 Å². The van der Waals surface area contributed by atoms with Gasteiger partial charge in [0.1, 0.15) is 10.7 Å². The molecule has 1 fully saturated rings. The molecule has 11 heteroatoms. The number of nitrogens with one attached hydrogen (secondary N) is 2. The molecule has 36 heavy (non-hydrogen) atoms. The van der Waals surface area contributed by atoms with Crippen LogP contribution in [0.25, 0.3) is 10.5 Å². The second-order valence-corrected chi connectivity index (χ2v) is 10.7. The van der Waals surface area contributed by atoms with Crippen molar-refractivity contribution in [2.24, 2.45) is 4.99 Å². The van der Waals surface area contributed by atoms with Crippen molar-refractivity contribution in [3.8, 4) is 12.3 Å². The van der Waals surface area contributed by atoms with E-state index in [4.69, 9.17) is 23.0 Å². The minimum Gasteiger partial charge on any atom is -0.362 e. The molecule has 1 atom stereocenters. The van der Waals surface area contributed by atoms with Gasteiger partial charge in [0, 0.05) is 37.7 Å². The molecule has 2 aromatic rings. The van der Waals surface area contributed by atoms with E-state index in [1.807, 2.05) is 0 Å². The van der Waals surface area contributed by atoms with Crippen molar-refractivity contribution >= 4 is 34.0 Å². The number of fused-ring (bicyclic) bond motifs is 1. The van der Waals surface area contributed by atoms with Gasteiger partial charge in [0.2, 0.25) is 5.95 Å². The fraction of sp³-hybridized carbons (Fsp3) is 0.440.